The molecule has 94 valence electrons. The minimum atomic E-state index is 0.110. The van der Waals surface area contributed by atoms with Gasteiger partial charge in [-0.25, -0.2) is 0 Å². The van der Waals surface area contributed by atoms with E-state index in [-0.39, 0.29) is 11.7 Å². The van der Waals surface area contributed by atoms with E-state index in [0.29, 0.717) is 12.1 Å². The first-order chi connectivity index (χ1) is 8.58. The highest BCUT2D eigenvalue weighted by Crippen LogP contribution is 2.21. The van der Waals surface area contributed by atoms with E-state index in [1.54, 1.807) is 24.0 Å². The number of ketones is 1. The second-order valence-electron chi connectivity index (χ2n) is 4.54. The number of hydrogen-bond donors (Lipinski definition) is 1. The van der Waals surface area contributed by atoms with Crippen LogP contribution in [0.5, 0.6) is 0 Å². The molecule has 2 aromatic rings. The Balaban J connectivity index is 2.08. The lowest BCUT2D eigenvalue weighted by atomic mass is 9.94. The van der Waals surface area contributed by atoms with E-state index >= 15 is 0 Å². The lowest BCUT2D eigenvalue weighted by Crippen LogP contribution is -2.10. The van der Waals surface area contributed by atoms with Crippen LogP contribution in [0, 0.1) is 0 Å². The van der Waals surface area contributed by atoms with Crippen LogP contribution in [-0.2, 0) is 7.05 Å². The number of nitrogens with two attached hydrogens (primary N) is 1. The molecule has 0 aliphatic carbocycles. The molecule has 1 heterocycles. The normalized spacial score (nSPS) is 12.3. The van der Waals surface area contributed by atoms with Crippen molar-refractivity contribution in [2.45, 2.75) is 19.3 Å². The molecule has 1 unspecified atom stereocenters. The summed E-state index contributed by atoms with van der Waals surface area (Å²) in [7, 11) is 1.78. The molecular weight excluding hydrogens is 226 g/mol. The van der Waals surface area contributed by atoms with Gasteiger partial charge in [-0.05, 0) is 29.7 Å². The summed E-state index contributed by atoms with van der Waals surface area (Å²) in [6, 6.07) is 9.41. The number of aryl methyl sites for hydroxylation is 1. The third-order valence-electron chi connectivity index (χ3n) is 3.10. The van der Waals surface area contributed by atoms with Crippen LogP contribution in [0.4, 0.5) is 5.69 Å². The molecule has 1 aromatic heterocycles. The van der Waals surface area contributed by atoms with Gasteiger partial charge < -0.3 is 5.73 Å². The summed E-state index contributed by atoms with van der Waals surface area (Å²) in [5, 5.41) is 4.01. The van der Waals surface area contributed by atoms with Gasteiger partial charge in [-0.2, -0.15) is 5.10 Å². The lowest BCUT2D eigenvalue weighted by Gasteiger charge is -2.11. The average Bonchev–Trinajstić information content (AvgIpc) is 2.76. The molecule has 18 heavy (non-hydrogen) atoms. The highest BCUT2D eigenvalue weighted by Gasteiger charge is 2.15. The van der Waals surface area contributed by atoms with E-state index in [1.807, 2.05) is 31.2 Å². The molecule has 0 fully saturated rings. The van der Waals surface area contributed by atoms with Crippen molar-refractivity contribution in [3.05, 3.63) is 47.8 Å². The molecule has 0 radical (unpaired) electrons. The molecule has 0 saturated carbocycles. The predicted molar refractivity (Wildman–Crippen MR) is 71.4 cm³/mol. The third-order valence-corrected chi connectivity index (χ3v) is 3.10. The fourth-order valence-corrected chi connectivity index (χ4v) is 1.97. The summed E-state index contributed by atoms with van der Waals surface area (Å²) >= 11 is 0. The number of rotatable bonds is 4. The van der Waals surface area contributed by atoms with Gasteiger partial charge in [-0.3, -0.25) is 9.48 Å². The van der Waals surface area contributed by atoms with Gasteiger partial charge in [0.05, 0.1) is 0 Å². The van der Waals surface area contributed by atoms with Crippen molar-refractivity contribution in [3.8, 4) is 0 Å². The van der Waals surface area contributed by atoms with Gasteiger partial charge in [-0.15, -0.1) is 0 Å². The number of anilines is 1. The highest BCUT2D eigenvalue weighted by atomic mass is 16.1. The van der Waals surface area contributed by atoms with E-state index in [2.05, 4.69) is 5.10 Å². The van der Waals surface area contributed by atoms with E-state index in [9.17, 15) is 4.79 Å². The standard InChI is InChI=1S/C14H17N3O/c1-10(11-3-5-12(15)6-4-11)9-14(18)13-7-8-16-17(13)2/h3-8,10H,9,15H2,1-2H3. The highest BCUT2D eigenvalue weighted by molar-refractivity contribution is 5.94. The van der Waals surface area contributed by atoms with Crippen LogP contribution in [0.15, 0.2) is 36.5 Å². The zero-order valence-electron chi connectivity index (χ0n) is 10.6. The van der Waals surface area contributed by atoms with Crippen molar-refractivity contribution < 1.29 is 4.79 Å². The Labute approximate surface area is 106 Å². The number of nitrogens with zero attached hydrogens (tertiary/aromatic N) is 2. The monoisotopic (exact) mass is 243 g/mol. The Bertz CT molecular complexity index is 542. The molecule has 4 heteroatoms. The average molecular weight is 243 g/mol. The number of nitrogen functional groups attached to an aromatic ring is 1. The first-order valence-electron chi connectivity index (χ1n) is 5.94. The second kappa shape index (κ2) is 5.04. The zero-order chi connectivity index (χ0) is 13.1. The number of Topliss-reactive ketones (excluding diaryl/α,β-unsaturated/α-hetero) is 1. The summed E-state index contributed by atoms with van der Waals surface area (Å²) in [6.07, 6.45) is 2.12. The molecular formula is C14H17N3O. The molecule has 1 aromatic carbocycles. The van der Waals surface area contributed by atoms with Crippen LogP contribution < -0.4 is 5.73 Å². The van der Waals surface area contributed by atoms with Crippen molar-refractivity contribution in [1.82, 2.24) is 9.78 Å². The number of carbonyl (C=O) groups excluding carboxylic acids is 1. The number of hydrogen-bond acceptors (Lipinski definition) is 3. The third kappa shape index (κ3) is 2.59. The number of benzene rings is 1. The van der Waals surface area contributed by atoms with E-state index in [0.717, 1.165) is 11.3 Å². The van der Waals surface area contributed by atoms with Gasteiger partial charge in [0.15, 0.2) is 5.78 Å². The maximum atomic E-state index is 12.1. The van der Waals surface area contributed by atoms with Gasteiger partial charge in [0.25, 0.3) is 0 Å². The van der Waals surface area contributed by atoms with Crippen molar-refractivity contribution in [2.24, 2.45) is 7.05 Å². The number of carbonyl (C=O) groups is 1. The molecule has 2 N–H and O–H groups in total. The lowest BCUT2D eigenvalue weighted by molar-refractivity contribution is 0.0966. The Morgan fingerprint density at radius 3 is 2.56 bits per heavy atom. The van der Waals surface area contributed by atoms with Crippen LogP contribution in [0.2, 0.25) is 0 Å². The molecule has 0 aliphatic rings. The maximum Gasteiger partial charge on any atom is 0.181 e. The molecule has 0 spiro atoms. The molecule has 4 nitrogen and oxygen atoms in total. The Kier molecular flexibility index (Phi) is 3.46. The Morgan fingerprint density at radius 2 is 2.00 bits per heavy atom. The summed E-state index contributed by atoms with van der Waals surface area (Å²) in [6.45, 7) is 2.04. The van der Waals surface area contributed by atoms with Crippen LogP contribution in [0.3, 0.4) is 0 Å². The molecule has 1 atom stereocenters. The molecule has 2 rings (SSSR count). The van der Waals surface area contributed by atoms with Crippen molar-refractivity contribution in [1.29, 1.82) is 0 Å². The SMILES string of the molecule is CC(CC(=O)c1ccnn1C)c1ccc(N)cc1. The second-order valence-corrected chi connectivity index (χ2v) is 4.54. The first-order valence-corrected chi connectivity index (χ1v) is 5.94. The largest absolute Gasteiger partial charge is 0.399 e. The van der Waals surface area contributed by atoms with E-state index in [4.69, 9.17) is 5.73 Å². The fraction of sp³-hybridized carbons (Fsp3) is 0.286. The van der Waals surface area contributed by atoms with Crippen LogP contribution in [0.25, 0.3) is 0 Å². The summed E-state index contributed by atoms with van der Waals surface area (Å²) in [5.41, 5.74) is 8.16. The Morgan fingerprint density at radius 1 is 1.33 bits per heavy atom. The predicted octanol–water partition coefficient (Wildman–Crippen LogP) is 2.38. The van der Waals surface area contributed by atoms with E-state index < -0.39 is 0 Å². The number of aromatic nitrogens is 2. The summed E-state index contributed by atoms with van der Waals surface area (Å²) in [4.78, 5) is 12.1. The zero-order valence-corrected chi connectivity index (χ0v) is 10.6. The van der Waals surface area contributed by atoms with Crippen molar-refractivity contribution in [3.63, 3.8) is 0 Å². The van der Waals surface area contributed by atoms with Gasteiger partial charge in [0, 0.05) is 25.4 Å². The van der Waals surface area contributed by atoms with Gasteiger partial charge >= 0.3 is 0 Å². The molecule has 0 saturated heterocycles. The summed E-state index contributed by atoms with van der Waals surface area (Å²) in [5.74, 6) is 0.285. The molecule has 0 bridgehead atoms. The Hall–Kier alpha value is -2.10. The first kappa shape index (κ1) is 12.4. The smallest absolute Gasteiger partial charge is 0.181 e. The van der Waals surface area contributed by atoms with Crippen LogP contribution in [-0.4, -0.2) is 15.6 Å². The van der Waals surface area contributed by atoms with Crippen molar-refractivity contribution in [2.75, 3.05) is 5.73 Å². The fourth-order valence-electron chi connectivity index (χ4n) is 1.97. The van der Waals surface area contributed by atoms with Crippen LogP contribution >= 0.6 is 0 Å². The quantitative estimate of drug-likeness (QED) is 0.662. The molecule has 0 amide bonds. The van der Waals surface area contributed by atoms with Gasteiger partial charge in [-0.1, -0.05) is 19.1 Å². The van der Waals surface area contributed by atoms with Crippen molar-refractivity contribution >= 4 is 11.5 Å². The van der Waals surface area contributed by atoms with Crippen LogP contribution in [0.1, 0.15) is 35.3 Å². The minimum absolute atomic E-state index is 0.110. The minimum Gasteiger partial charge on any atom is -0.399 e. The summed E-state index contributed by atoms with van der Waals surface area (Å²) < 4.78 is 1.61. The van der Waals surface area contributed by atoms with E-state index in [1.165, 1.54) is 0 Å². The van der Waals surface area contributed by atoms with Gasteiger partial charge in [0.2, 0.25) is 0 Å². The topological polar surface area (TPSA) is 60.9 Å². The maximum absolute atomic E-state index is 12.1. The van der Waals surface area contributed by atoms with Gasteiger partial charge in [0.1, 0.15) is 5.69 Å². The molecule has 0 aliphatic heterocycles.